The van der Waals surface area contributed by atoms with Gasteiger partial charge in [-0.15, -0.1) is 11.3 Å². The van der Waals surface area contributed by atoms with Gasteiger partial charge in [0.05, 0.1) is 15.6 Å². The number of halogens is 4. The third-order valence-corrected chi connectivity index (χ3v) is 5.41. The van der Waals surface area contributed by atoms with Gasteiger partial charge >= 0.3 is 6.18 Å². The number of carbonyl (C=O) groups excluding carboxylic acids is 2. The Labute approximate surface area is 156 Å². The van der Waals surface area contributed by atoms with Crippen LogP contribution in [0, 0.1) is 0 Å². The zero-order chi connectivity index (χ0) is 18.9. The van der Waals surface area contributed by atoms with E-state index in [2.05, 4.69) is 5.32 Å². The summed E-state index contributed by atoms with van der Waals surface area (Å²) in [7, 11) is 0. The standard InChI is InChI=1S/C17H14ClF3N2O2S/c18-15-10(3-1-4-11(15)17(19,20)21)9-22-16(25)12-6-7-13(24)23(12)14-5-2-8-26-14/h1-5,8,12H,6-7,9H2,(H,22,25)/t12-/m0/s1. The van der Waals surface area contributed by atoms with Crippen LogP contribution in [0.3, 0.4) is 0 Å². The first-order valence-electron chi connectivity index (χ1n) is 7.77. The van der Waals surface area contributed by atoms with Crippen LogP contribution in [0.2, 0.25) is 5.02 Å². The monoisotopic (exact) mass is 402 g/mol. The van der Waals surface area contributed by atoms with Gasteiger partial charge in [-0.1, -0.05) is 23.7 Å². The Morgan fingerprint density at radius 3 is 2.73 bits per heavy atom. The van der Waals surface area contributed by atoms with Gasteiger partial charge in [0.15, 0.2) is 0 Å². The fourth-order valence-electron chi connectivity index (χ4n) is 2.85. The summed E-state index contributed by atoms with van der Waals surface area (Å²) in [4.78, 5) is 26.0. The number of carbonyl (C=O) groups is 2. The number of anilines is 1. The fourth-order valence-corrected chi connectivity index (χ4v) is 3.95. The Balaban J connectivity index is 1.72. The number of alkyl halides is 3. The van der Waals surface area contributed by atoms with Crippen molar-refractivity contribution in [3.63, 3.8) is 0 Å². The van der Waals surface area contributed by atoms with E-state index in [1.807, 2.05) is 0 Å². The molecule has 1 aromatic carbocycles. The molecule has 1 aliphatic rings. The number of thiophene rings is 1. The number of nitrogens with one attached hydrogen (secondary N) is 1. The summed E-state index contributed by atoms with van der Waals surface area (Å²) in [6.07, 6.45) is -3.95. The van der Waals surface area contributed by atoms with Crippen LogP contribution >= 0.6 is 22.9 Å². The number of hydrogen-bond acceptors (Lipinski definition) is 3. The third-order valence-electron chi connectivity index (χ3n) is 4.10. The molecule has 9 heteroatoms. The van der Waals surface area contributed by atoms with Crippen molar-refractivity contribution in [1.82, 2.24) is 5.32 Å². The molecule has 1 saturated heterocycles. The van der Waals surface area contributed by atoms with E-state index in [1.165, 1.54) is 28.4 Å². The minimum absolute atomic E-state index is 0.148. The molecule has 2 amide bonds. The molecule has 1 fully saturated rings. The van der Waals surface area contributed by atoms with Gasteiger partial charge in [0.1, 0.15) is 6.04 Å². The van der Waals surface area contributed by atoms with Crippen LogP contribution in [0.4, 0.5) is 18.2 Å². The number of benzene rings is 1. The summed E-state index contributed by atoms with van der Waals surface area (Å²) < 4.78 is 38.7. The molecule has 2 heterocycles. The smallest absolute Gasteiger partial charge is 0.350 e. The van der Waals surface area contributed by atoms with Crippen molar-refractivity contribution in [2.24, 2.45) is 0 Å². The van der Waals surface area contributed by atoms with Crippen LogP contribution < -0.4 is 10.2 Å². The van der Waals surface area contributed by atoms with Crippen molar-refractivity contribution < 1.29 is 22.8 Å². The Bertz CT molecular complexity index is 824. The first-order chi connectivity index (χ1) is 12.3. The summed E-state index contributed by atoms with van der Waals surface area (Å²) in [5.74, 6) is -0.567. The summed E-state index contributed by atoms with van der Waals surface area (Å²) in [5.41, 5.74) is -0.774. The van der Waals surface area contributed by atoms with E-state index in [1.54, 1.807) is 17.5 Å². The Morgan fingerprint density at radius 2 is 2.08 bits per heavy atom. The molecule has 0 unspecified atom stereocenters. The molecule has 0 bridgehead atoms. The zero-order valence-electron chi connectivity index (χ0n) is 13.3. The second-order valence-electron chi connectivity index (χ2n) is 5.76. The molecule has 1 atom stereocenters. The predicted molar refractivity (Wildman–Crippen MR) is 93.1 cm³/mol. The van der Waals surface area contributed by atoms with Gasteiger partial charge in [0, 0.05) is 13.0 Å². The SMILES string of the molecule is O=C(NCc1cccc(C(F)(F)F)c1Cl)[C@@H]1CCC(=O)N1c1cccs1. The van der Waals surface area contributed by atoms with Crippen LogP contribution in [0.5, 0.6) is 0 Å². The predicted octanol–water partition coefficient (Wildman–Crippen LogP) is 4.23. The van der Waals surface area contributed by atoms with Gasteiger partial charge in [0.25, 0.3) is 0 Å². The summed E-state index contributed by atoms with van der Waals surface area (Å²) in [6.45, 7) is -0.148. The van der Waals surface area contributed by atoms with Gasteiger partial charge in [-0.3, -0.25) is 14.5 Å². The number of rotatable bonds is 4. The van der Waals surface area contributed by atoms with Crippen LogP contribution in [0.25, 0.3) is 0 Å². The summed E-state index contributed by atoms with van der Waals surface area (Å²) in [5, 5.41) is 4.64. The highest BCUT2D eigenvalue weighted by molar-refractivity contribution is 7.14. The number of hydrogen-bond donors (Lipinski definition) is 1. The van der Waals surface area contributed by atoms with Crippen molar-refractivity contribution in [2.75, 3.05) is 4.90 Å². The van der Waals surface area contributed by atoms with Crippen LogP contribution in [-0.4, -0.2) is 17.9 Å². The van der Waals surface area contributed by atoms with Crippen molar-refractivity contribution in [2.45, 2.75) is 31.6 Å². The average Bonchev–Trinajstić information content (AvgIpc) is 3.21. The number of nitrogens with zero attached hydrogens (tertiary/aromatic N) is 1. The molecule has 0 aliphatic carbocycles. The van der Waals surface area contributed by atoms with Gasteiger partial charge in [-0.2, -0.15) is 13.2 Å². The molecule has 0 saturated carbocycles. The van der Waals surface area contributed by atoms with Gasteiger partial charge < -0.3 is 5.32 Å². The maximum Gasteiger partial charge on any atom is 0.417 e. The minimum atomic E-state index is -4.56. The maximum absolute atomic E-state index is 12.9. The molecule has 0 radical (unpaired) electrons. The molecule has 3 rings (SSSR count). The van der Waals surface area contributed by atoms with Crippen LogP contribution in [0.1, 0.15) is 24.0 Å². The topological polar surface area (TPSA) is 49.4 Å². The highest BCUT2D eigenvalue weighted by atomic mass is 35.5. The van der Waals surface area contributed by atoms with Gasteiger partial charge in [0.2, 0.25) is 11.8 Å². The third kappa shape index (κ3) is 3.71. The summed E-state index contributed by atoms with van der Waals surface area (Å²) >= 11 is 7.18. The molecular weight excluding hydrogens is 389 g/mol. The van der Waals surface area contributed by atoms with Gasteiger partial charge in [-0.25, -0.2) is 0 Å². The van der Waals surface area contributed by atoms with E-state index in [9.17, 15) is 22.8 Å². The fraction of sp³-hybridized carbons (Fsp3) is 0.294. The van der Waals surface area contributed by atoms with E-state index >= 15 is 0 Å². The quantitative estimate of drug-likeness (QED) is 0.832. The molecule has 0 spiro atoms. The van der Waals surface area contributed by atoms with E-state index in [0.29, 0.717) is 11.4 Å². The highest BCUT2D eigenvalue weighted by Gasteiger charge is 2.38. The molecular formula is C17H14ClF3N2O2S. The Morgan fingerprint density at radius 1 is 1.31 bits per heavy atom. The highest BCUT2D eigenvalue weighted by Crippen LogP contribution is 2.36. The lowest BCUT2D eigenvalue weighted by Gasteiger charge is -2.22. The van der Waals surface area contributed by atoms with Crippen molar-refractivity contribution >= 4 is 39.8 Å². The van der Waals surface area contributed by atoms with Gasteiger partial charge in [-0.05, 0) is 35.6 Å². The van der Waals surface area contributed by atoms with Crippen LogP contribution in [-0.2, 0) is 22.3 Å². The van der Waals surface area contributed by atoms with Crippen molar-refractivity contribution in [3.05, 3.63) is 51.9 Å². The minimum Gasteiger partial charge on any atom is -0.350 e. The number of amides is 2. The second-order valence-corrected chi connectivity index (χ2v) is 7.07. The van der Waals surface area contributed by atoms with E-state index < -0.39 is 28.7 Å². The molecule has 4 nitrogen and oxygen atoms in total. The summed E-state index contributed by atoms with van der Waals surface area (Å²) in [6, 6.07) is 6.41. The zero-order valence-corrected chi connectivity index (χ0v) is 14.9. The van der Waals surface area contributed by atoms with E-state index in [-0.39, 0.29) is 24.4 Å². The largest absolute Gasteiger partial charge is 0.417 e. The second kappa shape index (κ2) is 7.28. The molecule has 138 valence electrons. The Hall–Kier alpha value is -2.06. The van der Waals surface area contributed by atoms with Crippen LogP contribution in [0.15, 0.2) is 35.7 Å². The lowest BCUT2D eigenvalue weighted by Crippen LogP contribution is -2.44. The Kier molecular flexibility index (Phi) is 5.24. The first kappa shape index (κ1) is 18.7. The molecule has 1 aliphatic heterocycles. The molecule has 2 aromatic rings. The van der Waals surface area contributed by atoms with E-state index in [4.69, 9.17) is 11.6 Å². The van der Waals surface area contributed by atoms with Crippen molar-refractivity contribution in [3.8, 4) is 0 Å². The maximum atomic E-state index is 12.9. The molecule has 1 N–H and O–H groups in total. The lowest BCUT2D eigenvalue weighted by atomic mass is 10.1. The normalized spacial score (nSPS) is 17.6. The van der Waals surface area contributed by atoms with E-state index in [0.717, 1.165) is 6.07 Å². The molecule has 1 aromatic heterocycles. The van der Waals surface area contributed by atoms with Crippen molar-refractivity contribution in [1.29, 1.82) is 0 Å². The molecule has 26 heavy (non-hydrogen) atoms. The first-order valence-corrected chi connectivity index (χ1v) is 9.02. The average molecular weight is 403 g/mol. The lowest BCUT2D eigenvalue weighted by molar-refractivity contribution is -0.137.